The van der Waals surface area contributed by atoms with Crippen molar-refractivity contribution < 1.29 is 14.1 Å². The minimum atomic E-state index is -0.406. The minimum Gasteiger partial charge on any atom is -0.365 e. The lowest BCUT2D eigenvalue weighted by Gasteiger charge is -2.49. The van der Waals surface area contributed by atoms with Crippen molar-refractivity contribution in [1.82, 2.24) is 5.32 Å². The molecule has 1 fully saturated rings. The van der Waals surface area contributed by atoms with Crippen molar-refractivity contribution in [3.05, 3.63) is 64.0 Å². The number of non-ortho nitro benzene ring substituents is 1. The van der Waals surface area contributed by atoms with Gasteiger partial charge in [0.05, 0.1) is 22.6 Å². The van der Waals surface area contributed by atoms with Crippen molar-refractivity contribution in [2.24, 2.45) is 5.92 Å². The topological polar surface area (TPSA) is 78.7 Å². The smallest absolute Gasteiger partial charge is 0.269 e. The van der Waals surface area contributed by atoms with Gasteiger partial charge >= 0.3 is 0 Å². The molecule has 0 aromatic heterocycles. The zero-order valence-electron chi connectivity index (χ0n) is 17.8. The monoisotopic (exact) mass is 426 g/mol. The minimum absolute atomic E-state index is 0.0308. The summed E-state index contributed by atoms with van der Waals surface area (Å²) in [5.74, 6) is -0.710. The van der Waals surface area contributed by atoms with E-state index in [2.05, 4.69) is 10.2 Å². The summed E-state index contributed by atoms with van der Waals surface area (Å²) < 4.78 is 14.4. The van der Waals surface area contributed by atoms with E-state index >= 15 is 0 Å². The van der Waals surface area contributed by atoms with Gasteiger partial charge in [-0.25, -0.2) is 4.39 Å². The largest absolute Gasteiger partial charge is 0.365 e. The Kier molecular flexibility index (Phi) is 5.80. The summed E-state index contributed by atoms with van der Waals surface area (Å²) >= 11 is 0. The molecule has 0 bridgehead atoms. The molecule has 0 radical (unpaired) electrons. The number of carbonyl (C=O) groups excluding carboxylic acids is 1. The number of anilines is 2. The van der Waals surface area contributed by atoms with Crippen LogP contribution in [0.4, 0.5) is 21.5 Å². The highest BCUT2D eigenvalue weighted by molar-refractivity contribution is 5.82. The van der Waals surface area contributed by atoms with Crippen LogP contribution in [0.2, 0.25) is 0 Å². The molecule has 31 heavy (non-hydrogen) atoms. The Hall–Kier alpha value is -3.16. The maximum Gasteiger partial charge on any atom is 0.269 e. The molecule has 2 aromatic carbocycles. The van der Waals surface area contributed by atoms with Gasteiger partial charge in [-0.05, 0) is 43.5 Å². The molecule has 8 heteroatoms. The number of nitrogens with zero attached hydrogens (tertiary/aromatic N) is 3. The lowest BCUT2D eigenvalue weighted by atomic mass is 9.83. The van der Waals surface area contributed by atoms with Crippen molar-refractivity contribution in [2.45, 2.75) is 38.8 Å². The Morgan fingerprint density at radius 1 is 1.26 bits per heavy atom. The van der Waals surface area contributed by atoms with E-state index in [1.807, 2.05) is 24.8 Å². The quantitative estimate of drug-likeness (QED) is 0.585. The van der Waals surface area contributed by atoms with Gasteiger partial charge in [-0.15, -0.1) is 0 Å². The van der Waals surface area contributed by atoms with Gasteiger partial charge in [-0.2, -0.15) is 0 Å². The van der Waals surface area contributed by atoms with E-state index in [-0.39, 0.29) is 35.4 Å². The lowest BCUT2D eigenvalue weighted by molar-refractivity contribution is -0.384. The highest BCUT2D eigenvalue weighted by Gasteiger charge is 2.42. The van der Waals surface area contributed by atoms with E-state index in [1.165, 1.54) is 12.1 Å². The molecule has 0 saturated carbocycles. The number of nitro groups is 1. The number of nitro benzene ring substituents is 1. The van der Waals surface area contributed by atoms with Gasteiger partial charge in [0.1, 0.15) is 5.82 Å². The van der Waals surface area contributed by atoms with Crippen LogP contribution in [-0.2, 0) is 11.2 Å². The summed E-state index contributed by atoms with van der Waals surface area (Å²) in [5.41, 5.74) is 2.31. The maximum absolute atomic E-state index is 14.4. The first-order valence-electron chi connectivity index (χ1n) is 10.7. The molecule has 2 aromatic rings. The van der Waals surface area contributed by atoms with Crippen molar-refractivity contribution in [2.75, 3.05) is 29.4 Å². The Bertz CT molecular complexity index is 999. The molecule has 0 aliphatic carbocycles. The summed E-state index contributed by atoms with van der Waals surface area (Å²) in [4.78, 5) is 28.2. The van der Waals surface area contributed by atoms with E-state index < -0.39 is 4.92 Å². The number of halogens is 1. The average Bonchev–Trinajstić information content (AvgIpc) is 2.77. The first-order chi connectivity index (χ1) is 14.9. The van der Waals surface area contributed by atoms with Crippen molar-refractivity contribution in [3.63, 3.8) is 0 Å². The highest BCUT2D eigenvalue weighted by atomic mass is 19.1. The molecule has 3 unspecified atom stereocenters. The number of hydrogen-bond donors (Lipinski definition) is 1. The van der Waals surface area contributed by atoms with Crippen molar-refractivity contribution in [1.29, 1.82) is 0 Å². The fraction of sp³-hybridized carbons (Fsp3) is 0.435. The number of piperazine rings is 1. The predicted octanol–water partition coefficient (Wildman–Crippen LogP) is 3.52. The van der Waals surface area contributed by atoms with Gasteiger partial charge < -0.3 is 15.1 Å². The number of fused-ring (bicyclic) bond motifs is 3. The van der Waals surface area contributed by atoms with Gasteiger partial charge in [-0.3, -0.25) is 14.9 Å². The number of rotatable bonds is 5. The molecule has 2 heterocycles. The molecule has 1 saturated heterocycles. The zero-order chi connectivity index (χ0) is 22.1. The third-order valence-electron chi connectivity index (χ3n) is 6.44. The molecule has 1 amide bonds. The Morgan fingerprint density at radius 2 is 2.03 bits per heavy atom. The Morgan fingerprint density at radius 3 is 2.74 bits per heavy atom. The normalized spacial score (nSPS) is 21.1. The standard InChI is InChI=1S/C23H27FN4O3/c1-3-15(2)25-23(29)18-13-16-12-17(28(30)31)8-9-20(16)27-11-10-26(14-22(18)27)21-7-5-4-6-19(21)24/h4-9,12,15,18,22H,3,10-11,13-14H2,1-2H3,(H,25,29). The SMILES string of the molecule is CCC(C)NC(=O)C1Cc2cc([N+](=O)[O-])ccc2N2CCN(c3ccccc3F)CC12. The van der Waals surface area contributed by atoms with Crippen LogP contribution in [0.25, 0.3) is 0 Å². The number of nitrogens with one attached hydrogen (secondary N) is 1. The zero-order valence-corrected chi connectivity index (χ0v) is 17.8. The third-order valence-corrected chi connectivity index (χ3v) is 6.44. The summed E-state index contributed by atoms with van der Waals surface area (Å²) in [6.45, 7) is 5.70. The van der Waals surface area contributed by atoms with E-state index in [1.54, 1.807) is 24.3 Å². The molecule has 7 nitrogen and oxygen atoms in total. The van der Waals surface area contributed by atoms with E-state index in [0.29, 0.717) is 31.7 Å². The fourth-order valence-electron chi connectivity index (χ4n) is 4.60. The van der Waals surface area contributed by atoms with E-state index in [4.69, 9.17) is 0 Å². The van der Waals surface area contributed by atoms with Gasteiger partial charge in [0.25, 0.3) is 5.69 Å². The van der Waals surface area contributed by atoms with Gasteiger partial charge in [0.2, 0.25) is 5.91 Å². The molecule has 3 atom stereocenters. The van der Waals surface area contributed by atoms with Crippen LogP contribution in [0.5, 0.6) is 0 Å². The molecule has 0 spiro atoms. The summed E-state index contributed by atoms with van der Waals surface area (Å²) in [7, 11) is 0. The van der Waals surface area contributed by atoms with Crippen molar-refractivity contribution in [3.8, 4) is 0 Å². The van der Waals surface area contributed by atoms with Crippen molar-refractivity contribution >= 4 is 23.0 Å². The average molecular weight is 426 g/mol. The first kappa shape index (κ1) is 21.1. The summed E-state index contributed by atoms with van der Waals surface area (Å²) in [6, 6.07) is 11.5. The predicted molar refractivity (Wildman–Crippen MR) is 118 cm³/mol. The second-order valence-corrected chi connectivity index (χ2v) is 8.36. The molecular weight excluding hydrogens is 399 g/mol. The Balaban J connectivity index is 1.69. The fourth-order valence-corrected chi connectivity index (χ4v) is 4.60. The molecule has 1 N–H and O–H groups in total. The molecular formula is C23H27FN4O3. The Labute approximate surface area is 181 Å². The first-order valence-corrected chi connectivity index (χ1v) is 10.7. The number of hydrogen-bond acceptors (Lipinski definition) is 5. The molecule has 164 valence electrons. The number of amides is 1. The van der Waals surface area contributed by atoms with Crippen LogP contribution in [-0.4, -0.2) is 42.5 Å². The maximum atomic E-state index is 14.4. The molecule has 2 aliphatic heterocycles. The third kappa shape index (κ3) is 4.06. The van der Waals surface area contributed by atoms with E-state index in [0.717, 1.165) is 17.7 Å². The molecule has 4 rings (SSSR count). The van der Waals surface area contributed by atoms with Crippen LogP contribution in [0, 0.1) is 21.8 Å². The van der Waals surface area contributed by atoms with E-state index in [9.17, 15) is 19.3 Å². The second-order valence-electron chi connectivity index (χ2n) is 8.36. The molecule has 2 aliphatic rings. The number of benzene rings is 2. The summed E-state index contributed by atoms with van der Waals surface area (Å²) in [6.07, 6.45) is 1.24. The number of para-hydroxylation sites is 1. The van der Waals surface area contributed by atoms with Crippen LogP contribution in [0.15, 0.2) is 42.5 Å². The highest BCUT2D eigenvalue weighted by Crippen LogP contribution is 2.39. The van der Waals surface area contributed by atoms with Gasteiger partial charge in [-0.1, -0.05) is 19.1 Å². The number of carbonyl (C=O) groups is 1. The summed E-state index contributed by atoms with van der Waals surface area (Å²) in [5, 5.41) is 14.3. The second kappa shape index (κ2) is 8.53. The van der Waals surface area contributed by atoms with Gasteiger partial charge in [0, 0.05) is 43.5 Å². The van der Waals surface area contributed by atoms with Crippen LogP contribution < -0.4 is 15.1 Å². The van der Waals surface area contributed by atoms with Crippen LogP contribution in [0.3, 0.4) is 0 Å². The van der Waals surface area contributed by atoms with Gasteiger partial charge in [0.15, 0.2) is 0 Å². The van der Waals surface area contributed by atoms with Crippen LogP contribution in [0.1, 0.15) is 25.8 Å². The van der Waals surface area contributed by atoms with Crippen LogP contribution >= 0.6 is 0 Å². The lowest BCUT2D eigenvalue weighted by Crippen LogP contribution is -2.61.